The Hall–Kier alpha value is -4.06. The molecule has 6 heteroatoms. The number of rotatable bonds is 4. The van der Waals surface area contributed by atoms with Gasteiger partial charge in [-0.15, -0.1) is 0 Å². The number of allylic oxidation sites excluding steroid dienone is 4. The molecule has 0 saturated carbocycles. The molecule has 0 spiro atoms. The Morgan fingerprint density at radius 1 is 1.03 bits per heavy atom. The van der Waals surface area contributed by atoms with Gasteiger partial charge in [0.05, 0.1) is 28.6 Å². The number of benzene rings is 1. The molecule has 31 heavy (non-hydrogen) atoms. The fraction of sp³-hybridized carbons (Fsp3) is 0.0800. The number of hydrogen-bond acceptors (Lipinski definition) is 3. The third-order valence-electron chi connectivity index (χ3n) is 5.30. The van der Waals surface area contributed by atoms with Gasteiger partial charge in [-0.3, -0.25) is 10.1 Å². The van der Waals surface area contributed by atoms with E-state index in [-0.39, 0.29) is 5.82 Å². The van der Waals surface area contributed by atoms with Gasteiger partial charge < -0.3 is 4.98 Å². The fourth-order valence-corrected chi connectivity index (χ4v) is 3.82. The highest BCUT2D eigenvalue weighted by Gasteiger charge is 2.16. The Kier molecular flexibility index (Phi) is 4.67. The molecule has 4 aromatic heterocycles. The molecule has 2 N–H and O–H groups in total. The van der Waals surface area contributed by atoms with Gasteiger partial charge in [0.25, 0.3) is 0 Å². The number of pyridine rings is 2. The van der Waals surface area contributed by atoms with E-state index in [0.29, 0.717) is 0 Å². The predicted octanol–water partition coefficient (Wildman–Crippen LogP) is 6.29. The van der Waals surface area contributed by atoms with Gasteiger partial charge >= 0.3 is 0 Å². The van der Waals surface area contributed by atoms with Gasteiger partial charge in [-0.2, -0.15) is 5.10 Å². The first-order valence-electron chi connectivity index (χ1n) is 10.1. The first kappa shape index (κ1) is 18.9. The summed E-state index contributed by atoms with van der Waals surface area (Å²) in [5, 5.41) is 8.53. The van der Waals surface area contributed by atoms with E-state index in [0.717, 1.165) is 55.7 Å². The lowest BCUT2D eigenvalue weighted by atomic mass is 10.0. The summed E-state index contributed by atoms with van der Waals surface area (Å²) < 4.78 is 13.8. The van der Waals surface area contributed by atoms with E-state index in [2.05, 4.69) is 20.2 Å². The summed E-state index contributed by atoms with van der Waals surface area (Å²) in [6.07, 6.45) is 9.58. The smallest absolute Gasteiger partial charge is 0.135 e. The molecule has 1 aromatic carbocycles. The minimum absolute atomic E-state index is 0.277. The summed E-state index contributed by atoms with van der Waals surface area (Å²) >= 11 is 0. The van der Waals surface area contributed by atoms with Crippen molar-refractivity contribution in [1.82, 2.24) is 25.1 Å². The van der Waals surface area contributed by atoms with Crippen LogP contribution in [0.1, 0.15) is 19.5 Å². The normalized spacial score (nSPS) is 12.4. The highest BCUT2D eigenvalue weighted by molar-refractivity contribution is 5.99. The van der Waals surface area contributed by atoms with Gasteiger partial charge in [-0.25, -0.2) is 9.37 Å². The number of nitrogens with one attached hydrogen (secondary N) is 2. The molecule has 0 fully saturated rings. The van der Waals surface area contributed by atoms with Crippen molar-refractivity contribution in [2.45, 2.75) is 13.8 Å². The largest absolute Gasteiger partial charge is 0.352 e. The molecule has 0 atom stereocenters. The van der Waals surface area contributed by atoms with Crippen molar-refractivity contribution < 1.29 is 4.39 Å². The number of aromatic nitrogens is 5. The Bertz CT molecular complexity index is 1470. The number of fused-ring (bicyclic) bond motifs is 2. The molecule has 0 aliphatic carbocycles. The molecular weight excluding hydrogens is 389 g/mol. The van der Waals surface area contributed by atoms with Crippen LogP contribution in [0, 0.1) is 5.82 Å². The lowest BCUT2D eigenvalue weighted by molar-refractivity contribution is 0.628. The maximum Gasteiger partial charge on any atom is 0.135 e. The highest BCUT2D eigenvalue weighted by Crippen LogP contribution is 2.33. The molecule has 0 aliphatic rings. The van der Waals surface area contributed by atoms with Crippen molar-refractivity contribution in [2.24, 2.45) is 0 Å². The third-order valence-corrected chi connectivity index (χ3v) is 5.30. The van der Waals surface area contributed by atoms with E-state index >= 15 is 0 Å². The molecule has 152 valence electrons. The van der Waals surface area contributed by atoms with Crippen molar-refractivity contribution in [1.29, 1.82) is 0 Å². The molecule has 5 nitrogen and oxygen atoms in total. The Morgan fingerprint density at radius 2 is 1.94 bits per heavy atom. The Balaban J connectivity index is 1.67. The van der Waals surface area contributed by atoms with Gasteiger partial charge in [-0.05, 0) is 55.3 Å². The van der Waals surface area contributed by atoms with Gasteiger partial charge in [-0.1, -0.05) is 30.4 Å². The molecule has 0 unspecified atom stereocenters. The fourth-order valence-electron chi connectivity index (χ4n) is 3.82. The first-order chi connectivity index (χ1) is 15.2. The van der Waals surface area contributed by atoms with E-state index in [9.17, 15) is 4.39 Å². The van der Waals surface area contributed by atoms with Crippen LogP contribution >= 0.6 is 0 Å². The molecule has 5 aromatic rings. The summed E-state index contributed by atoms with van der Waals surface area (Å²) in [5.74, 6) is -0.277. The SMILES string of the molecule is C/C=C\C(=C/C)c1ccc2[nH]nc(-c3cc4c(-c5cccc(F)c5)cncc4[nH]3)c2n1. The maximum atomic E-state index is 13.8. The quantitative estimate of drug-likeness (QED) is 0.343. The maximum absolute atomic E-state index is 13.8. The second-order valence-electron chi connectivity index (χ2n) is 7.25. The average molecular weight is 409 g/mol. The minimum atomic E-state index is -0.277. The topological polar surface area (TPSA) is 70.2 Å². The molecule has 0 saturated heterocycles. The Morgan fingerprint density at radius 3 is 2.74 bits per heavy atom. The zero-order chi connectivity index (χ0) is 21.4. The molecule has 0 amide bonds. The van der Waals surface area contributed by atoms with Crippen LogP contribution in [0.4, 0.5) is 4.39 Å². The number of aromatic amines is 2. The van der Waals surface area contributed by atoms with Crippen molar-refractivity contribution in [3.63, 3.8) is 0 Å². The zero-order valence-electron chi connectivity index (χ0n) is 17.1. The number of H-pyrrole nitrogens is 2. The van der Waals surface area contributed by atoms with E-state index in [1.54, 1.807) is 18.5 Å². The van der Waals surface area contributed by atoms with Crippen molar-refractivity contribution >= 4 is 27.5 Å². The summed E-state index contributed by atoms with van der Waals surface area (Å²) in [5.41, 5.74) is 7.62. The van der Waals surface area contributed by atoms with Crippen molar-refractivity contribution in [2.75, 3.05) is 0 Å². The molecule has 5 rings (SSSR count). The van der Waals surface area contributed by atoms with E-state index < -0.39 is 0 Å². The minimum Gasteiger partial charge on any atom is -0.352 e. The van der Waals surface area contributed by atoms with Crippen LogP contribution in [0.5, 0.6) is 0 Å². The predicted molar refractivity (Wildman–Crippen MR) is 123 cm³/mol. The van der Waals surface area contributed by atoms with E-state index in [1.807, 2.05) is 56.3 Å². The van der Waals surface area contributed by atoms with Gasteiger partial charge in [0, 0.05) is 17.1 Å². The van der Waals surface area contributed by atoms with Gasteiger partial charge in [0.15, 0.2) is 0 Å². The van der Waals surface area contributed by atoms with E-state index in [1.165, 1.54) is 12.1 Å². The van der Waals surface area contributed by atoms with Crippen LogP contribution in [0.2, 0.25) is 0 Å². The monoisotopic (exact) mass is 409 g/mol. The standard InChI is InChI=1S/C25H20FN5/c1-3-6-15(4-2)20-9-10-21-24(29-20)25(31-30-21)22-12-18-19(13-27-14-23(18)28-22)16-7-5-8-17(26)11-16/h3-14,28H,1-2H3,(H,30,31)/b6-3-,15-4+. The molecule has 0 aliphatic heterocycles. The van der Waals surface area contributed by atoms with Gasteiger partial charge in [0.1, 0.15) is 17.0 Å². The van der Waals surface area contributed by atoms with E-state index in [4.69, 9.17) is 4.98 Å². The number of halogens is 1. The van der Waals surface area contributed by atoms with Crippen LogP contribution in [0.15, 0.2) is 73.1 Å². The second kappa shape index (κ2) is 7.65. The van der Waals surface area contributed by atoms with Crippen LogP contribution in [-0.2, 0) is 0 Å². The third kappa shape index (κ3) is 3.32. The van der Waals surface area contributed by atoms with Gasteiger partial charge in [0.2, 0.25) is 0 Å². The van der Waals surface area contributed by atoms with Crippen LogP contribution in [0.3, 0.4) is 0 Å². The van der Waals surface area contributed by atoms with Crippen LogP contribution < -0.4 is 0 Å². The average Bonchev–Trinajstić information content (AvgIpc) is 3.40. The Labute approximate surface area is 178 Å². The van der Waals surface area contributed by atoms with Crippen LogP contribution in [0.25, 0.3) is 50.0 Å². The zero-order valence-corrected chi connectivity index (χ0v) is 17.1. The summed E-state index contributed by atoms with van der Waals surface area (Å²) in [6, 6.07) is 12.5. The summed E-state index contributed by atoms with van der Waals surface area (Å²) in [7, 11) is 0. The van der Waals surface area contributed by atoms with Crippen molar-refractivity contribution in [3.05, 3.63) is 84.6 Å². The molecule has 0 radical (unpaired) electrons. The lowest BCUT2D eigenvalue weighted by Crippen LogP contribution is -1.88. The van der Waals surface area contributed by atoms with Crippen molar-refractivity contribution in [3.8, 4) is 22.5 Å². The van der Waals surface area contributed by atoms with Crippen LogP contribution in [-0.4, -0.2) is 25.1 Å². The second-order valence-corrected chi connectivity index (χ2v) is 7.25. The summed E-state index contributed by atoms with van der Waals surface area (Å²) in [4.78, 5) is 12.6. The molecule has 4 heterocycles. The number of nitrogens with zero attached hydrogens (tertiary/aromatic N) is 3. The molecular formula is C25H20FN5. The number of hydrogen-bond donors (Lipinski definition) is 2. The molecule has 0 bridgehead atoms. The lowest BCUT2D eigenvalue weighted by Gasteiger charge is -2.02. The summed E-state index contributed by atoms with van der Waals surface area (Å²) in [6.45, 7) is 3.98. The first-order valence-corrected chi connectivity index (χ1v) is 10.1. The highest BCUT2D eigenvalue weighted by atomic mass is 19.1.